The van der Waals surface area contributed by atoms with Gasteiger partial charge in [-0.3, -0.25) is 4.79 Å². The number of rotatable bonds is 2. The Kier molecular flexibility index (Phi) is 3.32. The van der Waals surface area contributed by atoms with Crippen molar-refractivity contribution < 1.29 is 4.79 Å². The highest BCUT2D eigenvalue weighted by molar-refractivity contribution is 5.87. The van der Waals surface area contributed by atoms with Gasteiger partial charge in [-0.1, -0.05) is 13.5 Å². The molecule has 1 rings (SSSR count). The summed E-state index contributed by atoms with van der Waals surface area (Å²) in [6, 6.07) is 0.395. The van der Waals surface area contributed by atoms with Crippen molar-refractivity contribution in [1.29, 1.82) is 0 Å². The van der Waals surface area contributed by atoms with E-state index in [1.54, 1.807) is 0 Å². The fourth-order valence-electron chi connectivity index (χ4n) is 1.66. The first-order chi connectivity index (χ1) is 5.72. The number of hydrogen-bond donors (Lipinski definition) is 1. The molecule has 0 bridgehead atoms. The van der Waals surface area contributed by atoms with E-state index < -0.39 is 0 Å². The Labute approximate surface area is 74.0 Å². The maximum atomic E-state index is 10.9. The smallest absolute Gasteiger partial charge is 0.243 e. The first kappa shape index (κ1) is 9.30. The van der Waals surface area contributed by atoms with Gasteiger partial charge in [-0.2, -0.15) is 0 Å². The van der Waals surface area contributed by atoms with E-state index in [1.807, 2.05) is 0 Å². The Morgan fingerprint density at radius 2 is 2.00 bits per heavy atom. The number of carbonyl (C=O) groups is 1. The second-order valence-corrected chi connectivity index (χ2v) is 3.67. The molecule has 1 aliphatic rings. The zero-order valence-electron chi connectivity index (χ0n) is 7.68. The molecule has 1 aliphatic carbocycles. The van der Waals surface area contributed by atoms with E-state index in [0.717, 1.165) is 18.8 Å². The standard InChI is InChI=1S/C10H17NO/c1-3-10(12)11-9-6-4-8(2)5-7-9/h3,8-9H,1,4-7H2,2H3,(H,11,12). The van der Waals surface area contributed by atoms with Crippen LogP contribution in [0.1, 0.15) is 32.6 Å². The normalized spacial score (nSPS) is 29.4. The zero-order chi connectivity index (χ0) is 8.97. The molecular formula is C10H17NO. The molecule has 12 heavy (non-hydrogen) atoms. The summed E-state index contributed by atoms with van der Waals surface area (Å²) in [6.45, 7) is 5.70. The summed E-state index contributed by atoms with van der Waals surface area (Å²) >= 11 is 0. The molecule has 0 spiro atoms. The summed E-state index contributed by atoms with van der Waals surface area (Å²) in [6.07, 6.45) is 6.07. The topological polar surface area (TPSA) is 29.1 Å². The van der Waals surface area contributed by atoms with E-state index in [1.165, 1.54) is 18.9 Å². The van der Waals surface area contributed by atoms with Crippen molar-refractivity contribution in [1.82, 2.24) is 5.32 Å². The van der Waals surface area contributed by atoms with Crippen molar-refractivity contribution in [2.45, 2.75) is 38.6 Å². The number of hydrogen-bond acceptors (Lipinski definition) is 1. The Morgan fingerprint density at radius 1 is 1.42 bits per heavy atom. The molecule has 0 aliphatic heterocycles. The lowest BCUT2D eigenvalue weighted by Crippen LogP contribution is -2.36. The Balaban J connectivity index is 2.26. The Morgan fingerprint density at radius 3 is 2.50 bits per heavy atom. The summed E-state index contributed by atoms with van der Waals surface area (Å²) in [5.74, 6) is 0.802. The van der Waals surface area contributed by atoms with Crippen LogP contribution in [0.15, 0.2) is 12.7 Å². The van der Waals surface area contributed by atoms with E-state index in [9.17, 15) is 4.79 Å². The molecule has 0 atom stereocenters. The molecule has 1 fully saturated rings. The molecule has 1 saturated carbocycles. The Hall–Kier alpha value is -0.790. The molecular weight excluding hydrogens is 150 g/mol. The molecule has 68 valence electrons. The minimum Gasteiger partial charge on any atom is -0.350 e. The van der Waals surface area contributed by atoms with Crippen LogP contribution in [0.4, 0.5) is 0 Å². The highest BCUT2D eigenvalue weighted by Gasteiger charge is 2.18. The van der Waals surface area contributed by atoms with Crippen LogP contribution >= 0.6 is 0 Å². The van der Waals surface area contributed by atoms with E-state index in [0.29, 0.717) is 6.04 Å². The zero-order valence-corrected chi connectivity index (χ0v) is 7.68. The lowest BCUT2D eigenvalue weighted by molar-refractivity contribution is -0.117. The predicted molar refractivity (Wildman–Crippen MR) is 49.8 cm³/mol. The lowest BCUT2D eigenvalue weighted by atomic mass is 9.87. The second kappa shape index (κ2) is 4.29. The SMILES string of the molecule is C=CC(=O)NC1CCC(C)CC1. The monoisotopic (exact) mass is 167 g/mol. The van der Waals surface area contributed by atoms with Gasteiger partial charge in [0.25, 0.3) is 0 Å². The fourth-order valence-corrected chi connectivity index (χ4v) is 1.66. The van der Waals surface area contributed by atoms with Crippen molar-refractivity contribution in [2.75, 3.05) is 0 Å². The largest absolute Gasteiger partial charge is 0.350 e. The van der Waals surface area contributed by atoms with Gasteiger partial charge in [0.1, 0.15) is 0 Å². The van der Waals surface area contributed by atoms with Crippen LogP contribution in [0.3, 0.4) is 0 Å². The van der Waals surface area contributed by atoms with Gasteiger partial charge in [-0.05, 0) is 37.7 Å². The van der Waals surface area contributed by atoms with Gasteiger partial charge in [-0.25, -0.2) is 0 Å². The molecule has 0 aromatic heterocycles. The number of carbonyl (C=O) groups excluding carboxylic acids is 1. The van der Waals surface area contributed by atoms with Crippen LogP contribution < -0.4 is 5.32 Å². The van der Waals surface area contributed by atoms with Gasteiger partial charge in [0.05, 0.1) is 0 Å². The summed E-state index contributed by atoms with van der Waals surface area (Å²) in [5.41, 5.74) is 0. The first-order valence-electron chi connectivity index (χ1n) is 4.65. The van der Waals surface area contributed by atoms with Gasteiger partial charge in [0.15, 0.2) is 0 Å². The molecule has 2 nitrogen and oxygen atoms in total. The van der Waals surface area contributed by atoms with E-state index in [4.69, 9.17) is 0 Å². The Bertz CT molecular complexity index is 169. The molecule has 1 N–H and O–H groups in total. The van der Waals surface area contributed by atoms with Crippen molar-refractivity contribution >= 4 is 5.91 Å². The van der Waals surface area contributed by atoms with Crippen molar-refractivity contribution in [2.24, 2.45) is 5.92 Å². The molecule has 2 heteroatoms. The van der Waals surface area contributed by atoms with Crippen molar-refractivity contribution in [3.05, 3.63) is 12.7 Å². The average molecular weight is 167 g/mol. The van der Waals surface area contributed by atoms with Gasteiger partial charge in [-0.15, -0.1) is 0 Å². The van der Waals surface area contributed by atoms with E-state index in [2.05, 4.69) is 18.8 Å². The van der Waals surface area contributed by atoms with E-state index >= 15 is 0 Å². The quantitative estimate of drug-likeness (QED) is 0.625. The third-order valence-corrected chi connectivity index (χ3v) is 2.55. The second-order valence-electron chi connectivity index (χ2n) is 3.67. The predicted octanol–water partition coefficient (Wildman–Crippen LogP) is 1.87. The number of amides is 1. The van der Waals surface area contributed by atoms with Crippen LogP contribution in [0, 0.1) is 5.92 Å². The highest BCUT2D eigenvalue weighted by atomic mass is 16.1. The summed E-state index contributed by atoms with van der Waals surface area (Å²) in [5, 5.41) is 2.93. The minimum absolute atomic E-state index is 0.0328. The van der Waals surface area contributed by atoms with Crippen molar-refractivity contribution in [3.63, 3.8) is 0 Å². The molecule has 0 radical (unpaired) electrons. The average Bonchev–Trinajstić information content (AvgIpc) is 2.09. The van der Waals surface area contributed by atoms with Crippen LogP contribution in [-0.2, 0) is 4.79 Å². The van der Waals surface area contributed by atoms with Crippen LogP contribution in [0.5, 0.6) is 0 Å². The van der Waals surface area contributed by atoms with E-state index in [-0.39, 0.29) is 5.91 Å². The van der Waals surface area contributed by atoms with Crippen molar-refractivity contribution in [3.8, 4) is 0 Å². The van der Waals surface area contributed by atoms with Gasteiger partial charge < -0.3 is 5.32 Å². The summed E-state index contributed by atoms with van der Waals surface area (Å²) < 4.78 is 0. The summed E-state index contributed by atoms with van der Waals surface area (Å²) in [4.78, 5) is 10.9. The van der Waals surface area contributed by atoms with Crippen LogP contribution in [0.2, 0.25) is 0 Å². The summed E-state index contributed by atoms with van der Waals surface area (Å²) in [7, 11) is 0. The first-order valence-corrected chi connectivity index (χ1v) is 4.65. The lowest BCUT2D eigenvalue weighted by Gasteiger charge is -2.26. The molecule has 0 heterocycles. The highest BCUT2D eigenvalue weighted by Crippen LogP contribution is 2.23. The maximum Gasteiger partial charge on any atom is 0.243 e. The molecule has 0 unspecified atom stereocenters. The maximum absolute atomic E-state index is 10.9. The van der Waals surface area contributed by atoms with Gasteiger partial charge in [0.2, 0.25) is 5.91 Å². The van der Waals surface area contributed by atoms with Crippen LogP contribution in [0.25, 0.3) is 0 Å². The minimum atomic E-state index is -0.0328. The van der Waals surface area contributed by atoms with Crippen LogP contribution in [-0.4, -0.2) is 11.9 Å². The third kappa shape index (κ3) is 2.68. The molecule has 0 saturated heterocycles. The molecule has 0 aromatic rings. The molecule has 0 aromatic carbocycles. The van der Waals surface area contributed by atoms with Gasteiger partial charge >= 0.3 is 0 Å². The fraction of sp³-hybridized carbons (Fsp3) is 0.700. The number of nitrogens with one attached hydrogen (secondary N) is 1. The van der Waals surface area contributed by atoms with Gasteiger partial charge in [0, 0.05) is 6.04 Å². The molecule has 1 amide bonds. The third-order valence-electron chi connectivity index (χ3n) is 2.55.